The van der Waals surface area contributed by atoms with Crippen LogP contribution in [0.3, 0.4) is 0 Å². The summed E-state index contributed by atoms with van der Waals surface area (Å²) >= 11 is 0. The Kier molecular flexibility index (Phi) is 1.16. The minimum Gasteiger partial charge on any atom is -0.462 e. The smallest absolute Gasteiger partial charge is 0.302 e. The lowest BCUT2D eigenvalue weighted by molar-refractivity contribution is -0.148. The van der Waals surface area contributed by atoms with Crippen molar-refractivity contribution >= 4 is 5.97 Å². The van der Waals surface area contributed by atoms with Gasteiger partial charge in [0.1, 0.15) is 6.10 Å². The van der Waals surface area contributed by atoms with Crippen LogP contribution < -0.4 is 0 Å². The fourth-order valence-electron chi connectivity index (χ4n) is 2.89. The lowest BCUT2D eigenvalue weighted by Gasteiger charge is -2.18. The number of hydrogen-bond acceptors (Lipinski definition) is 3. The van der Waals surface area contributed by atoms with Gasteiger partial charge in [0.25, 0.3) is 0 Å². The standard InChI is InChI=1S/C9H12O3/c1-4(10)11-7-3-5-2-6(7)9-8(5)12-9/h5-9H,2-3H2,1H3. The molecule has 2 aliphatic carbocycles. The molecule has 0 aromatic heterocycles. The summed E-state index contributed by atoms with van der Waals surface area (Å²) in [5, 5.41) is 0. The van der Waals surface area contributed by atoms with Crippen molar-refractivity contribution < 1.29 is 14.3 Å². The number of hydrogen-bond donors (Lipinski definition) is 0. The van der Waals surface area contributed by atoms with E-state index in [4.69, 9.17) is 9.47 Å². The molecule has 0 aromatic rings. The summed E-state index contributed by atoms with van der Waals surface area (Å²) in [6, 6.07) is 0. The van der Waals surface area contributed by atoms with E-state index < -0.39 is 0 Å². The molecule has 0 N–H and O–H groups in total. The van der Waals surface area contributed by atoms with Crippen LogP contribution in [-0.4, -0.2) is 24.3 Å². The Morgan fingerprint density at radius 2 is 2.25 bits per heavy atom. The molecule has 3 fully saturated rings. The molecule has 12 heavy (non-hydrogen) atoms. The van der Waals surface area contributed by atoms with Crippen LogP contribution >= 0.6 is 0 Å². The van der Waals surface area contributed by atoms with Gasteiger partial charge in [-0.05, 0) is 18.8 Å². The first-order valence-corrected chi connectivity index (χ1v) is 4.58. The summed E-state index contributed by atoms with van der Waals surface area (Å²) < 4.78 is 10.7. The van der Waals surface area contributed by atoms with Crippen molar-refractivity contribution in [1.29, 1.82) is 0 Å². The number of epoxide rings is 1. The molecule has 1 aliphatic heterocycles. The second kappa shape index (κ2) is 2.02. The van der Waals surface area contributed by atoms with Crippen LogP contribution in [0, 0.1) is 11.8 Å². The zero-order chi connectivity index (χ0) is 8.29. The molecule has 3 nitrogen and oxygen atoms in total. The molecule has 3 aliphatic rings. The maximum Gasteiger partial charge on any atom is 0.302 e. The van der Waals surface area contributed by atoms with Crippen molar-refractivity contribution in [2.24, 2.45) is 11.8 Å². The molecule has 3 rings (SSSR count). The van der Waals surface area contributed by atoms with E-state index in [1.165, 1.54) is 13.3 Å². The van der Waals surface area contributed by atoms with E-state index in [1.54, 1.807) is 0 Å². The van der Waals surface area contributed by atoms with E-state index in [0.29, 0.717) is 24.0 Å². The highest BCUT2D eigenvalue weighted by Crippen LogP contribution is 2.57. The molecule has 0 spiro atoms. The minimum atomic E-state index is -0.148. The third-order valence-electron chi connectivity index (χ3n) is 3.35. The predicted molar refractivity (Wildman–Crippen MR) is 40.4 cm³/mol. The second-order valence-corrected chi connectivity index (χ2v) is 4.11. The fourth-order valence-corrected chi connectivity index (χ4v) is 2.89. The van der Waals surface area contributed by atoms with Crippen molar-refractivity contribution in [2.45, 2.75) is 38.1 Å². The molecular weight excluding hydrogens is 156 g/mol. The lowest BCUT2D eigenvalue weighted by Crippen LogP contribution is -2.27. The van der Waals surface area contributed by atoms with Gasteiger partial charge in [-0.3, -0.25) is 4.79 Å². The zero-order valence-corrected chi connectivity index (χ0v) is 7.03. The van der Waals surface area contributed by atoms with Crippen LogP contribution in [0.5, 0.6) is 0 Å². The lowest BCUT2D eigenvalue weighted by atomic mass is 9.98. The summed E-state index contributed by atoms with van der Waals surface area (Å²) in [7, 11) is 0. The molecule has 2 saturated carbocycles. The largest absolute Gasteiger partial charge is 0.462 e. The second-order valence-electron chi connectivity index (χ2n) is 4.11. The molecule has 2 bridgehead atoms. The van der Waals surface area contributed by atoms with Gasteiger partial charge in [-0.25, -0.2) is 0 Å². The van der Waals surface area contributed by atoms with Crippen molar-refractivity contribution in [3.05, 3.63) is 0 Å². The molecule has 1 heterocycles. The molecular formula is C9H12O3. The zero-order valence-electron chi connectivity index (χ0n) is 7.03. The molecule has 1 saturated heterocycles. The number of carbonyl (C=O) groups is 1. The number of esters is 1. The summed E-state index contributed by atoms with van der Waals surface area (Å²) in [5.41, 5.74) is 0. The first-order valence-electron chi connectivity index (χ1n) is 4.58. The molecule has 3 heteroatoms. The molecule has 0 radical (unpaired) electrons. The van der Waals surface area contributed by atoms with Gasteiger partial charge in [0.05, 0.1) is 12.2 Å². The van der Waals surface area contributed by atoms with Crippen molar-refractivity contribution in [1.82, 2.24) is 0 Å². The van der Waals surface area contributed by atoms with Crippen LogP contribution in [0.2, 0.25) is 0 Å². The monoisotopic (exact) mass is 168 g/mol. The summed E-state index contributed by atoms with van der Waals surface area (Å²) in [5.74, 6) is 1.05. The van der Waals surface area contributed by atoms with Gasteiger partial charge in [-0.15, -0.1) is 0 Å². The maximum atomic E-state index is 10.7. The Hall–Kier alpha value is -0.570. The Morgan fingerprint density at radius 3 is 2.83 bits per heavy atom. The van der Waals surface area contributed by atoms with Crippen LogP contribution in [-0.2, 0) is 14.3 Å². The number of ether oxygens (including phenoxy) is 2. The van der Waals surface area contributed by atoms with Crippen molar-refractivity contribution in [3.63, 3.8) is 0 Å². The minimum absolute atomic E-state index is 0.148. The van der Waals surface area contributed by atoms with E-state index in [9.17, 15) is 4.79 Å². The summed E-state index contributed by atoms with van der Waals surface area (Å²) in [6.45, 7) is 1.48. The van der Waals surface area contributed by atoms with Gasteiger partial charge in [-0.1, -0.05) is 0 Å². The highest BCUT2D eigenvalue weighted by molar-refractivity contribution is 5.66. The SMILES string of the molecule is CC(=O)OC1CC2CC1C1OC21. The fraction of sp³-hybridized carbons (Fsp3) is 0.889. The topological polar surface area (TPSA) is 38.8 Å². The van der Waals surface area contributed by atoms with Gasteiger partial charge in [-0.2, -0.15) is 0 Å². The quantitative estimate of drug-likeness (QED) is 0.428. The third kappa shape index (κ3) is 0.774. The van der Waals surface area contributed by atoms with E-state index in [2.05, 4.69) is 0 Å². The van der Waals surface area contributed by atoms with Gasteiger partial charge in [0.15, 0.2) is 0 Å². The highest BCUT2D eigenvalue weighted by Gasteiger charge is 2.64. The average molecular weight is 168 g/mol. The first-order chi connectivity index (χ1) is 5.75. The van der Waals surface area contributed by atoms with Gasteiger partial charge in [0.2, 0.25) is 0 Å². The van der Waals surface area contributed by atoms with Crippen LogP contribution in [0.15, 0.2) is 0 Å². The molecule has 5 atom stereocenters. The summed E-state index contributed by atoms with van der Waals surface area (Å²) in [6.07, 6.45) is 3.38. The number of rotatable bonds is 1. The number of fused-ring (bicyclic) bond motifs is 5. The normalized spacial score (nSPS) is 53.6. The third-order valence-corrected chi connectivity index (χ3v) is 3.35. The van der Waals surface area contributed by atoms with Crippen molar-refractivity contribution in [3.8, 4) is 0 Å². The predicted octanol–water partition coefficient (Wildman–Crippen LogP) is 0.725. The van der Waals surface area contributed by atoms with E-state index >= 15 is 0 Å². The van der Waals surface area contributed by atoms with Crippen LogP contribution in [0.4, 0.5) is 0 Å². The van der Waals surface area contributed by atoms with Gasteiger partial charge >= 0.3 is 5.97 Å². The highest BCUT2D eigenvalue weighted by atomic mass is 16.6. The summed E-state index contributed by atoms with van der Waals surface area (Å²) in [4.78, 5) is 10.7. The Balaban J connectivity index is 1.72. The molecule has 66 valence electrons. The Bertz CT molecular complexity index is 238. The average Bonchev–Trinajstić information content (AvgIpc) is 2.61. The first kappa shape index (κ1) is 6.89. The Labute approximate surface area is 71.0 Å². The van der Waals surface area contributed by atoms with Crippen LogP contribution in [0.1, 0.15) is 19.8 Å². The molecule has 0 aromatic carbocycles. The van der Waals surface area contributed by atoms with Crippen LogP contribution in [0.25, 0.3) is 0 Å². The van der Waals surface area contributed by atoms with Crippen molar-refractivity contribution in [2.75, 3.05) is 0 Å². The molecule has 5 unspecified atom stereocenters. The van der Waals surface area contributed by atoms with E-state index in [-0.39, 0.29) is 12.1 Å². The Morgan fingerprint density at radius 1 is 1.42 bits per heavy atom. The van der Waals surface area contributed by atoms with Gasteiger partial charge < -0.3 is 9.47 Å². The van der Waals surface area contributed by atoms with Gasteiger partial charge in [0, 0.05) is 12.8 Å². The molecule has 0 amide bonds. The maximum absolute atomic E-state index is 10.7. The number of carbonyl (C=O) groups excluding carboxylic acids is 1. The van der Waals surface area contributed by atoms with E-state index in [0.717, 1.165) is 6.42 Å². The van der Waals surface area contributed by atoms with E-state index in [1.807, 2.05) is 0 Å².